The molecule has 6 heteroatoms. The normalized spacial score (nSPS) is 11.5. The molecule has 0 atom stereocenters. The van der Waals surface area contributed by atoms with E-state index in [9.17, 15) is 4.79 Å². The zero-order valence-corrected chi connectivity index (χ0v) is 15.1. The summed E-state index contributed by atoms with van der Waals surface area (Å²) in [6.45, 7) is 4.88. The van der Waals surface area contributed by atoms with Crippen molar-refractivity contribution in [3.8, 4) is 0 Å². The van der Waals surface area contributed by atoms with Crippen LogP contribution in [0.2, 0.25) is 0 Å². The van der Waals surface area contributed by atoms with Gasteiger partial charge in [-0.15, -0.1) is 10.2 Å². The summed E-state index contributed by atoms with van der Waals surface area (Å²) in [5.41, 5.74) is 3.09. The lowest BCUT2D eigenvalue weighted by Gasteiger charge is -2.10. The fourth-order valence-corrected chi connectivity index (χ4v) is 3.17. The van der Waals surface area contributed by atoms with Crippen molar-refractivity contribution >= 4 is 22.4 Å². The standard InChI is InChI=1S/C20H21N5O/c1-13(2)14-8-10-15(11-9-14)21-12-18-22-23-20-24(3)19(26)16-6-4-5-7-17(16)25(18)20/h4-11,13,21H,12H2,1-3H3. The molecule has 2 heterocycles. The average Bonchev–Trinajstić information content (AvgIpc) is 3.09. The number of nitrogens with zero attached hydrogens (tertiary/aromatic N) is 4. The first-order valence-corrected chi connectivity index (χ1v) is 8.72. The van der Waals surface area contributed by atoms with Crippen LogP contribution in [0.5, 0.6) is 0 Å². The summed E-state index contributed by atoms with van der Waals surface area (Å²) in [6.07, 6.45) is 0. The molecule has 6 nitrogen and oxygen atoms in total. The molecule has 0 amide bonds. The number of rotatable bonds is 4. The van der Waals surface area contributed by atoms with Gasteiger partial charge in [0.2, 0.25) is 5.78 Å². The van der Waals surface area contributed by atoms with Crippen molar-refractivity contribution in [1.29, 1.82) is 0 Å². The van der Waals surface area contributed by atoms with E-state index in [0.29, 0.717) is 23.6 Å². The number of nitrogens with one attached hydrogen (secondary N) is 1. The molecule has 4 aromatic rings. The fraction of sp³-hybridized carbons (Fsp3) is 0.250. The number of aryl methyl sites for hydroxylation is 1. The third kappa shape index (κ3) is 2.63. The van der Waals surface area contributed by atoms with Crippen LogP contribution in [0.3, 0.4) is 0 Å². The number of para-hydroxylation sites is 1. The van der Waals surface area contributed by atoms with Crippen LogP contribution in [0.4, 0.5) is 5.69 Å². The van der Waals surface area contributed by atoms with Gasteiger partial charge in [0.15, 0.2) is 5.82 Å². The van der Waals surface area contributed by atoms with Gasteiger partial charge in [-0.1, -0.05) is 38.1 Å². The van der Waals surface area contributed by atoms with Crippen molar-refractivity contribution in [2.45, 2.75) is 26.3 Å². The van der Waals surface area contributed by atoms with Gasteiger partial charge in [-0.25, -0.2) is 0 Å². The van der Waals surface area contributed by atoms with Crippen LogP contribution in [0.15, 0.2) is 53.3 Å². The van der Waals surface area contributed by atoms with E-state index in [1.165, 1.54) is 10.1 Å². The van der Waals surface area contributed by atoms with E-state index in [4.69, 9.17) is 0 Å². The molecule has 0 radical (unpaired) electrons. The topological polar surface area (TPSA) is 64.2 Å². The van der Waals surface area contributed by atoms with Gasteiger partial charge in [-0.3, -0.25) is 13.8 Å². The summed E-state index contributed by atoms with van der Waals surface area (Å²) >= 11 is 0. The first kappa shape index (κ1) is 16.3. The van der Waals surface area contributed by atoms with Gasteiger partial charge in [-0.2, -0.15) is 0 Å². The van der Waals surface area contributed by atoms with Crippen LogP contribution in [-0.4, -0.2) is 19.2 Å². The number of aromatic nitrogens is 4. The molecule has 26 heavy (non-hydrogen) atoms. The van der Waals surface area contributed by atoms with Gasteiger partial charge < -0.3 is 5.32 Å². The van der Waals surface area contributed by atoms with Crippen LogP contribution in [0.1, 0.15) is 31.2 Å². The van der Waals surface area contributed by atoms with Crippen LogP contribution >= 0.6 is 0 Å². The van der Waals surface area contributed by atoms with Gasteiger partial charge in [0, 0.05) is 12.7 Å². The molecule has 132 valence electrons. The summed E-state index contributed by atoms with van der Waals surface area (Å²) in [4.78, 5) is 12.5. The van der Waals surface area contributed by atoms with Crippen molar-refractivity contribution in [1.82, 2.24) is 19.2 Å². The van der Waals surface area contributed by atoms with Crippen molar-refractivity contribution in [2.75, 3.05) is 5.32 Å². The molecule has 1 N–H and O–H groups in total. The first-order chi connectivity index (χ1) is 12.6. The highest BCUT2D eigenvalue weighted by Crippen LogP contribution is 2.18. The molecule has 0 saturated carbocycles. The van der Waals surface area contributed by atoms with Crippen molar-refractivity contribution in [3.05, 3.63) is 70.3 Å². The molecule has 0 unspecified atom stereocenters. The zero-order valence-electron chi connectivity index (χ0n) is 15.1. The van der Waals surface area contributed by atoms with Crippen LogP contribution in [0, 0.1) is 0 Å². The average molecular weight is 347 g/mol. The van der Waals surface area contributed by atoms with Gasteiger partial charge in [0.1, 0.15) is 0 Å². The molecule has 4 rings (SSSR count). The summed E-state index contributed by atoms with van der Waals surface area (Å²) < 4.78 is 3.47. The summed E-state index contributed by atoms with van der Waals surface area (Å²) in [5.74, 6) is 1.82. The lowest BCUT2D eigenvalue weighted by molar-refractivity contribution is 0.855. The largest absolute Gasteiger partial charge is 0.378 e. The smallest absolute Gasteiger partial charge is 0.262 e. The molecule has 0 saturated heterocycles. The van der Waals surface area contributed by atoms with Crippen molar-refractivity contribution < 1.29 is 0 Å². The SMILES string of the molecule is CC(C)c1ccc(NCc2nnc3n(C)c(=O)c4ccccc4n23)cc1. The molecule has 2 aromatic heterocycles. The number of fused-ring (bicyclic) bond motifs is 3. The van der Waals surface area contributed by atoms with Gasteiger partial charge in [0.25, 0.3) is 5.56 Å². The minimum Gasteiger partial charge on any atom is -0.378 e. The highest BCUT2D eigenvalue weighted by Gasteiger charge is 2.14. The van der Waals surface area contributed by atoms with E-state index in [2.05, 4.69) is 53.6 Å². The molecular weight excluding hydrogens is 326 g/mol. The second kappa shape index (κ2) is 6.29. The van der Waals surface area contributed by atoms with Crippen LogP contribution in [-0.2, 0) is 13.6 Å². The Morgan fingerprint density at radius 3 is 2.50 bits per heavy atom. The molecule has 0 spiro atoms. The second-order valence-corrected chi connectivity index (χ2v) is 6.76. The third-order valence-electron chi connectivity index (χ3n) is 4.72. The van der Waals surface area contributed by atoms with Crippen LogP contribution < -0.4 is 10.9 Å². The first-order valence-electron chi connectivity index (χ1n) is 8.72. The minimum absolute atomic E-state index is 0.0655. The Morgan fingerprint density at radius 2 is 1.77 bits per heavy atom. The molecular formula is C20H21N5O. The Hall–Kier alpha value is -3.15. The van der Waals surface area contributed by atoms with E-state index in [1.807, 2.05) is 28.7 Å². The molecule has 0 aliphatic heterocycles. The Bertz CT molecular complexity index is 1140. The van der Waals surface area contributed by atoms with Gasteiger partial charge in [0.05, 0.1) is 17.4 Å². The molecule has 0 bridgehead atoms. The van der Waals surface area contributed by atoms with E-state index in [1.54, 1.807) is 7.05 Å². The Kier molecular flexibility index (Phi) is 3.95. The maximum Gasteiger partial charge on any atom is 0.262 e. The highest BCUT2D eigenvalue weighted by molar-refractivity contribution is 5.80. The predicted octanol–water partition coefficient (Wildman–Crippen LogP) is 3.32. The minimum atomic E-state index is -0.0655. The van der Waals surface area contributed by atoms with E-state index in [0.717, 1.165) is 17.0 Å². The Labute approximate surface area is 151 Å². The monoisotopic (exact) mass is 347 g/mol. The Morgan fingerprint density at radius 1 is 1.04 bits per heavy atom. The maximum atomic E-state index is 12.5. The lowest BCUT2D eigenvalue weighted by Crippen LogP contribution is -2.20. The third-order valence-corrected chi connectivity index (χ3v) is 4.72. The number of benzene rings is 2. The quantitative estimate of drug-likeness (QED) is 0.615. The van der Waals surface area contributed by atoms with Gasteiger partial charge >= 0.3 is 0 Å². The van der Waals surface area contributed by atoms with Crippen molar-refractivity contribution in [2.24, 2.45) is 7.05 Å². The lowest BCUT2D eigenvalue weighted by atomic mass is 10.0. The molecule has 0 aliphatic rings. The molecule has 2 aromatic carbocycles. The number of hydrogen-bond donors (Lipinski definition) is 1. The summed E-state index contributed by atoms with van der Waals surface area (Å²) in [7, 11) is 1.72. The van der Waals surface area contributed by atoms with E-state index in [-0.39, 0.29) is 5.56 Å². The second-order valence-electron chi connectivity index (χ2n) is 6.76. The summed E-state index contributed by atoms with van der Waals surface area (Å²) in [5, 5.41) is 12.6. The molecule has 0 aliphatic carbocycles. The van der Waals surface area contributed by atoms with Crippen molar-refractivity contribution in [3.63, 3.8) is 0 Å². The number of hydrogen-bond acceptors (Lipinski definition) is 4. The summed E-state index contributed by atoms with van der Waals surface area (Å²) in [6, 6.07) is 16.0. The van der Waals surface area contributed by atoms with E-state index >= 15 is 0 Å². The number of anilines is 1. The molecule has 0 fully saturated rings. The Balaban J connectivity index is 1.72. The van der Waals surface area contributed by atoms with Gasteiger partial charge in [-0.05, 0) is 35.7 Å². The zero-order chi connectivity index (χ0) is 18.3. The highest BCUT2D eigenvalue weighted by atomic mass is 16.1. The fourth-order valence-electron chi connectivity index (χ4n) is 3.17. The maximum absolute atomic E-state index is 12.5. The van der Waals surface area contributed by atoms with Crippen LogP contribution in [0.25, 0.3) is 16.7 Å². The predicted molar refractivity (Wildman–Crippen MR) is 104 cm³/mol. The van der Waals surface area contributed by atoms with E-state index < -0.39 is 0 Å².